The summed E-state index contributed by atoms with van der Waals surface area (Å²) < 4.78 is 29.4. The molecule has 0 radical (unpaired) electrons. The van der Waals surface area contributed by atoms with E-state index in [1.54, 1.807) is 16.8 Å². The molecule has 3 aromatic rings. The minimum absolute atomic E-state index is 0.203. The SMILES string of the molecule is CC(=O)Nc1ccc(S(=O)(=O)N2CCN(c3cc(-n4nc(C)cc4C)nc(C)n3)CC2)cc1. The minimum atomic E-state index is -3.63. The predicted molar refractivity (Wildman–Crippen MR) is 125 cm³/mol. The molecule has 1 aliphatic heterocycles. The summed E-state index contributed by atoms with van der Waals surface area (Å²) in [6.07, 6.45) is 0. The van der Waals surface area contributed by atoms with Gasteiger partial charge in [0, 0.05) is 50.6 Å². The van der Waals surface area contributed by atoms with E-state index in [9.17, 15) is 13.2 Å². The summed E-state index contributed by atoms with van der Waals surface area (Å²) in [6.45, 7) is 8.86. The maximum Gasteiger partial charge on any atom is 0.243 e. The van der Waals surface area contributed by atoms with E-state index in [0.717, 1.165) is 17.2 Å². The van der Waals surface area contributed by atoms with Crippen molar-refractivity contribution in [2.75, 3.05) is 36.4 Å². The third kappa shape index (κ3) is 4.88. The number of sulfonamides is 1. The molecule has 0 unspecified atom stereocenters. The van der Waals surface area contributed by atoms with Gasteiger partial charge in [-0.1, -0.05) is 0 Å². The van der Waals surface area contributed by atoms with E-state index >= 15 is 0 Å². The third-order valence-electron chi connectivity index (χ3n) is 5.41. The van der Waals surface area contributed by atoms with Crippen LogP contribution in [0.25, 0.3) is 5.82 Å². The lowest BCUT2D eigenvalue weighted by molar-refractivity contribution is -0.114. The largest absolute Gasteiger partial charge is 0.354 e. The van der Waals surface area contributed by atoms with Gasteiger partial charge in [0.25, 0.3) is 0 Å². The molecule has 33 heavy (non-hydrogen) atoms. The van der Waals surface area contributed by atoms with Crippen LogP contribution >= 0.6 is 0 Å². The Morgan fingerprint density at radius 1 is 0.939 bits per heavy atom. The number of piperazine rings is 1. The van der Waals surface area contributed by atoms with Crippen LogP contribution in [0.15, 0.2) is 41.3 Å². The second-order valence-electron chi connectivity index (χ2n) is 8.07. The zero-order valence-corrected chi connectivity index (χ0v) is 19.9. The molecule has 0 saturated carbocycles. The lowest BCUT2D eigenvalue weighted by atomic mass is 10.3. The van der Waals surface area contributed by atoms with Crippen LogP contribution in [0, 0.1) is 20.8 Å². The zero-order chi connectivity index (χ0) is 23.8. The summed E-state index contributed by atoms with van der Waals surface area (Å²) in [6, 6.07) is 10.1. The van der Waals surface area contributed by atoms with Gasteiger partial charge in [0.05, 0.1) is 10.6 Å². The Bertz CT molecular complexity index is 1280. The van der Waals surface area contributed by atoms with Gasteiger partial charge in [-0.25, -0.2) is 23.1 Å². The summed E-state index contributed by atoms with van der Waals surface area (Å²) in [5, 5.41) is 7.15. The maximum absolute atomic E-state index is 13.1. The molecule has 174 valence electrons. The summed E-state index contributed by atoms with van der Waals surface area (Å²) in [4.78, 5) is 22.5. The Labute approximate surface area is 193 Å². The number of nitrogens with one attached hydrogen (secondary N) is 1. The summed E-state index contributed by atoms with van der Waals surface area (Å²) >= 11 is 0. The average Bonchev–Trinajstić information content (AvgIpc) is 3.11. The highest BCUT2D eigenvalue weighted by molar-refractivity contribution is 7.89. The Balaban J connectivity index is 1.48. The van der Waals surface area contributed by atoms with E-state index in [-0.39, 0.29) is 10.8 Å². The number of carbonyl (C=O) groups is 1. The number of anilines is 2. The van der Waals surface area contributed by atoms with Crippen LogP contribution < -0.4 is 10.2 Å². The fourth-order valence-electron chi connectivity index (χ4n) is 3.89. The standard InChI is InChI=1S/C22H27N7O3S/c1-15-13-16(2)29(26-15)22-14-21(23-17(3)24-22)27-9-11-28(12-10-27)33(31,32)20-7-5-19(6-8-20)25-18(4)30/h5-8,13-14H,9-12H2,1-4H3,(H,25,30). The van der Waals surface area contributed by atoms with Crippen LogP contribution in [0.5, 0.6) is 0 Å². The molecule has 2 aromatic heterocycles. The van der Waals surface area contributed by atoms with E-state index in [0.29, 0.717) is 43.5 Å². The van der Waals surface area contributed by atoms with E-state index < -0.39 is 10.0 Å². The normalized spacial score (nSPS) is 15.0. The summed E-state index contributed by atoms with van der Waals surface area (Å²) in [5.41, 5.74) is 2.45. The Morgan fingerprint density at radius 3 is 2.15 bits per heavy atom. The molecule has 1 aromatic carbocycles. The molecule has 10 nitrogen and oxygen atoms in total. The molecule has 0 spiro atoms. The zero-order valence-electron chi connectivity index (χ0n) is 19.1. The van der Waals surface area contributed by atoms with Crippen molar-refractivity contribution in [1.82, 2.24) is 24.1 Å². The van der Waals surface area contributed by atoms with Crippen molar-refractivity contribution in [2.24, 2.45) is 0 Å². The fraction of sp³-hybridized carbons (Fsp3) is 0.364. The first-order valence-corrected chi connectivity index (χ1v) is 12.1. The molecule has 0 aliphatic carbocycles. The van der Waals surface area contributed by atoms with Crippen molar-refractivity contribution in [3.8, 4) is 5.82 Å². The lowest BCUT2D eigenvalue weighted by Gasteiger charge is -2.34. The Morgan fingerprint density at radius 2 is 1.58 bits per heavy atom. The number of carbonyl (C=O) groups excluding carboxylic acids is 1. The molecule has 1 fully saturated rings. The van der Waals surface area contributed by atoms with Crippen LogP contribution in [0.2, 0.25) is 0 Å². The Kier molecular flexibility index (Phi) is 6.17. The second-order valence-corrected chi connectivity index (χ2v) is 10.0. The molecule has 3 heterocycles. The Hall–Kier alpha value is -3.31. The lowest BCUT2D eigenvalue weighted by Crippen LogP contribution is -2.49. The van der Waals surface area contributed by atoms with Crippen LogP contribution in [0.3, 0.4) is 0 Å². The molecule has 1 saturated heterocycles. The summed E-state index contributed by atoms with van der Waals surface area (Å²) in [7, 11) is -3.63. The highest BCUT2D eigenvalue weighted by Crippen LogP contribution is 2.23. The quantitative estimate of drug-likeness (QED) is 0.608. The van der Waals surface area contributed by atoms with Gasteiger partial charge in [-0.05, 0) is 51.1 Å². The monoisotopic (exact) mass is 469 g/mol. The number of hydrogen-bond acceptors (Lipinski definition) is 7. The van der Waals surface area contributed by atoms with E-state index in [1.807, 2.05) is 32.9 Å². The van der Waals surface area contributed by atoms with Crippen LogP contribution in [-0.4, -0.2) is 64.6 Å². The minimum Gasteiger partial charge on any atom is -0.354 e. The number of hydrogen-bond donors (Lipinski definition) is 1. The van der Waals surface area contributed by atoms with Crippen molar-refractivity contribution in [3.05, 3.63) is 53.6 Å². The first-order chi connectivity index (χ1) is 15.6. The maximum atomic E-state index is 13.1. The molecule has 1 N–H and O–H groups in total. The molecular weight excluding hydrogens is 442 g/mol. The van der Waals surface area contributed by atoms with E-state index in [2.05, 4.69) is 25.3 Å². The number of amides is 1. The van der Waals surface area contributed by atoms with Gasteiger partial charge in [-0.15, -0.1) is 0 Å². The number of rotatable bonds is 5. The van der Waals surface area contributed by atoms with Gasteiger partial charge in [-0.2, -0.15) is 9.40 Å². The number of aryl methyl sites for hydroxylation is 3. The first kappa shape index (κ1) is 22.9. The van der Waals surface area contributed by atoms with Gasteiger partial charge in [0.15, 0.2) is 5.82 Å². The number of aromatic nitrogens is 4. The molecule has 0 bridgehead atoms. The van der Waals surface area contributed by atoms with Crippen molar-refractivity contribution >= 4 is 27.4 Å². The smallest absolute Gasteiger partial charge is 0.243 e. The van der Waals surface area contributed by atoms with Crippen LogP contribution in [0.4, 0.5) is 11.5 Å². The van der Waals surface area contributed by atoms with Crippen molar-refractivity contribution in [3.63, 3.8) is 0 Å². The van der Waals surface area contributed by atoms with Crippen molar-refractivity contribution in [2.45, 2.75) is 32.6 Å². The highest BCUT2D eigenvalue weighted by atomic mass is 32.2. The molecule has 11 heteroatoms. The highest BCUT2D eigenvalue weighted by Gasteiger charge is 2.29. The van der Waals surface area contributed by atoms with Gasteiger partial charge >= 0.3 is 0 Å². The van der Waals surface area contributed by atoms with E-state index in [1.165, 1.54) is 23.4 Å². The topological polar surface area (TPSA) is 113 Å². The van der Waals surface area contributed by atoms with Gasteiger partial charge < -0.3 is 10.2 Å². The van der Waals surface area contributed by atoms with Gasteiger partial charge in [0.1, 0.15) is 11.6 Å². The predicted octanol–water partition coefficient (Wildman–Crippen LogP) is 2.06. The fourth-order valence-corrected chi connectivity index (χ4v) is 5.31. The van der Waals surface area contributed by atoms with Crippen molar-refractivity contribution < 1.29 is 13.2 Å². The van der Waals surface area contributed by atoms with E-state index in [4.69, 9.17) is 0 Å². The first-order valence-electron chi connectivity index (χ1n) is 10.7. The molecule has 1 amide bonds. The third-order valence-corrected chi connectivity index (χ3v) is 7.33. The number of benzene rings is 1. The molecule has 0 atom stereocenters. The molecule has 4 rings (SSSR count). The van der Waals surface area contributed by atoms with Crippen molar-refractivity contribution in [1.29, 1.82) is 0 Å². The summed E-state index contributed by atoms with van der Waals surface area (Å²) in [5.74, 6) is 1.87. The number of nitrogens with zero attached hydrogens (tertiary/aromatic N) is 6. The molecular formula is C22H27N7O3S. The van der Waals surface area contributed by atoms with Crippen LogP contribution in [-0.2, 0) is 14.8 Å². The molecule has 1 aliphatic rings. The van der Waals surface area contributed by atoms with Gasteiger partial charge in [0.2, 0.25) is 15.9 Å². The average molecular weight is 470 g/mol. The van der Waals surface area contributed by atoms with Gasteiger partial charge in [-0.3, -0.25) is 4.79 Å². The second kappa shape index (κ2) is 8.91. The van der Waals surface area contributed by atoms with Crippen LogP contribution in [0.1, 0.15) is 24.1 Å².